The maximum Gasteiger partial charge on any atom is 0.218 e. The summed E-state index contributed by atoms with van der Waals surface area (Å²) in [7, 11) is 1.66. The number of aliphatic hydroxyl groups is 1. The third-order valence-electron chi connectivity index (χ3n) is 4.91. The minimum absolute atomic E-state index is 0.0314. The number of allylic oxidation sites excluding steroid dienone is 1. The molecule has 5 nitrogen and oxygen atoms in total. The lowest BCUT2D eigenvalue weighted by molar-refractivity contribution is -0.0698. The van der Waals surface area contributed by atoms with Crippen molar-refractivity contribution in [3.05, 3.63) is 69.9 Å². The summed E-state index contributed by atoms with van der Waals surface area (Å²) in [6.07, 6.45) is 2.46. The highest BCUT2D eigenvalue weighted by Gasteiger charge is 2.46. The number of hydrogen-bond donors (Lipinski definition) is 1. The third kappa shape index (κ3) is 3.18. The summed E-state index contributed by atoms with van der Waals surface area (Å²) in [6, 6.07) is 13.9. The lowest BCUT2D eigenvalue weighted by atomic mass is 9.94. The van der Waals surface area contributed by atoms with E-state index in [1.807, 2.05) is 48.3 Å². The number of ether oxygens (including phenoxy) is 2. The number of benzene rings is 2. The predicted molar refractivity (Wildman–Crippen MR) is 108 cm³/mol. The Hall–Kier alpha value is -2.47. The van der Waals surface area contributed by atoms with Gasteiger partial charge < -0.3 is 14.6 Å². The quantitative estimate of drug-likeness (QED) is 0.684. The van der Waals surface area contributed by atoms with Gasteiger partial charge in [0.25, 0.3) is 0 Å². The Morgan fingerprint density at radius 2 is 2.07 bits per heavy atom. The molecule has 2 heterocycles. The zero-order chi connectivity index (χ0) is 19.2. The van der Waals surface area contributed by atoms with Gasteiger partial charge in [-0.15, -0.1) is 0 Å². The van der Waals surface area contributed by atoms with E-state index in [9.17, 15) is 5.11 Å². The minimum atomic E-state index is -0.863. The lowest BCUT2D eigenvalue weighted by Gasteiger charge is -2.44. The molecule has 2 aliphatic rings. The van der Waals surface area contributed by atoms with Crippen molar-refractivity contribution in [2.45, 2.75) is 32.0 Å². The average Bonchev–Trinajstić information content (AvgIpc) is 3.09. The van der Waals surface area contributed by atoms with Crippen LogP contribution in [0, 0.1) is 0 Å². The minimum Gasteiger partial charge on any atom is -0.513 e. The van der Waals surface area contributed by atoms with E-state index in [2.05, 4.69) is 22.0 Å². The van der Waals surface area contributed by atoms with Crippen molar-refractivity contribution in [3.8, 4) is 11.5 Å². The largest absolute Gasteiger partial charge is 0.513 e. The Kier molecular flexibility index (Phi) is 4.38. The van der Waals surface area contributed by atoms with Gasteiger partial charge >= 0.3 is 0 Å². The van der Waals surface area contributed by atoms with Gasteiger partial charge in [-0.3, -0.25) is 0 Å². The fraction of sp³-hybridized carbons (Fsp3) is 0.286. The second-order valence-corrected chi connectivity index (χ2v) is 7.88. The average molecular weight is 429 g/mol. The first-order chi connectivity index (χ1) is 12.9. The first-order valence-electron chi connectivity index (χ1n) is 8.78. The second-order valence-electron chi connectivity index (χ2n) is 6.96. The number of hydrazone groups is 1. The maximum absolute atomic E-state index is 9.91. The van der Waals surface area contributed by atoms with Crippen molar-refractivity contribution in [2.24, 2.45) is 5.10 Å². The zero-order valence-electron chi connectivity index (χ0n) is 15.4. The Morgan fingerprint density at radius 3 is 2.74 bits per heavy atom. The molecule has 0 bridgehead atoms. The normalized spacial score (nSPS) is 24.0. The molecule has 1 N–H and O–H groups in total. The molecule has 2 aromatic rings. The van der Waals surface area contributed by atoms with Crippen LogP contribution >= 0.6 is 15.9 Å². The third-order valence-corrected chi connectivity index (χ3v) is 5.41. The van der Waals surface area contributed by atoms with Crippen LogP contribution in [-0.2, 0) is 0 Å². The molecule has 0 unspecified atom stereocenters. The van der Waals surface area contributed by atoms with Crippen molar-refractivity contribution in [1.82, 2.24) is 5.01 Å². The highest BCUT2D eigenvalue weighted by molar-refractivity contribution is 9.10. The predicted octanol–water partition coefficient (Wildman–Crippen LogP) is 5.18. The molecule has 0 saturated carbocycles. The van der Waals surface area contributed by atoms with Gasteiger partial charge in [0.05, 0.1) is 24.6 Å². The Balaban J connectivity index is 1.79. The Morgan fingerprint density at radius 1 is 1.33 bits per heavy atom. The molecule has 27 heavy (non-hydrogen) atoms. The number of halogens is 1. The molecular formula is C21H21BrN2O3. The molecule has 0 aromatic heterocycles. The van der Waals surface area contributed by atoms with Crippen LogP contribution in [0.1, 0.15) is 37.4 Å². The second kappa shape index (κ2) is 6.60. The van der Waals surface area contributed by atoms with Crippen molar-refractivity contribution < 1.29 is 14.6 Å². The SMILES string of the molecule is COc1ccc(C2=NN3[C@H](C2)c2cc(Br)ccc2O[C@]3(C)/C=C(\C)O)cc1. The highest BCUT2D eigenvalue weighted by atomic mass is 79.9. The van der Waals surface area contributed by atoms with Crippen molar-refractivity contribution >= 4 is 21.6 Å². The number of nitrogens with zero attached hydrogens (tertiary/aromatic N) is 2. The molecule has 0 amide bonds. The molecule has 2 atom stereocenters. The van der Waals surface area contributed by atoms with Gasteiger partial charge in [0.1, 0.15) is 11.5 Å². The maximum atomic E-state index is 9.91. The van der Waals surface area contributed by atoms with Crippen LogP contribution in [0.4, 0.5) is 0 Å². The summed E-state index contributed by atoms with van der Waals surface area (Å²) < 4.78 is 12.5. The summed E-state index contributed by atoms with van der Waals surface area (Å²) in [4.78, 5) is 0. The van der Waals surface area contributed by atoms with Gasteiger partial charge in [-0.2, -0.15) is 5.10 Å². The fourth-order valence-corrected chi connectivity index (χ4v) is 4.12. The molecule has 140 valence electrons. The molecule has 0 fully saturated rings. The summed E-state index contributed by atoms with van der Waals surface area (Å²) >= 11 is 3.55. The molecule has 0 radical (unpaired) electrons. The van der Waals surface area contributed by atoms with Gasteiger partial charge in [0.15, 0.2) is 0 Å². The van der Waals surface area contributed by atoms with Crippen LogP contribution in [0.25, 0.3) is 0 Å². The zero-order valence-corrected chi connectivity index (χ0v) is 17.0. The van der Waals surface area contributed by atoms with E-state index in [0.29, 0.717) is 0 Å². The smallest absolute Gasteiger partial charge is 0.218 e. The van der Waals surface area contributed by atoms with Crippen molar-refractivity contribution in [2.75, 3.05) is 7.11 Å². The van der Waals surface area contributed by atoms with Crippen LogP contribution in [0.15, 0.2) is 63.9 Å². The van der Waals surface area contributed by atoms with E-state index in [-0.39, 0.29) is 11.8 Å². The van der Waals surface area contributed by atoms with Gasteiger partial charge in [-0.1, -0.05) is 15.9 Å². The molecule has 2 aromatic carbocycles. The van der Waals surface area contributed by atoms with Gasteiger partial charge in [-0.05, 0) is 55.0 Å². The van der Waals surface area contributed by atoms with Crippen LogP contribution < -0.4 is 9.47 Å². The first kappa shape index (κ1) is 17.9. The molecule has 4 rings (SSSR count). The number of hydrogen-bond acceptors (Lipinski definition) is 5. The summed E-state index contributed by atoms with van der Waals surface area (Å²) in [6.45, 7) is 3.57. The van der Waals surface area contributed by atoms with E-state index in [1.165, 1.54) is 0 Å². The summed E-state index contributed by atoms with van der Waals surface area (Å²) in [5.74, 6) is 1.83. The van der Waals surface area contributed by atoms with Gasteiger partial charge in [0.2, 0.25) is 5.72 Å². The van der Waals surface area contributed by atoms with E-state index in [4.69, 9.17) is 14.6 Å². The Labute approximate surface area is 167 Å². The first-order valence-corrected chi connectivity index (χ1v) is 9.57. The monoisotopic (exact) mass is 428 g/mol. The highest BCUT2D eigenvalue weighted by Crippen LogP contribution is 2.48. The standard InChI is InChI=1S/C21H21BrN2O3/c1-13(25)12-21(2)24-19(17-10-15(22)6-9-20(17)27-21)11-18(23-24)14-4-7-16(26-3)8-5-14/h4-10,12,19,25H,11H2,1-3H3/b13-12+/t19-,21-/m1/s1. The van der Waals surface area contributed by atoms with E-state index in [1.54, 1.807) is 20.1 Å². The molecule has 0 spiro atoms. The van der Waals surface area contributed by atoms with Crippen LogP contribution in [0.5, 0.6) is 11.5 Å². The summed E-state index contributed by atoms with van der Waals surface area (Å²) in [5, 5.41) is 16.7. The number of rotatable bonds is 3. The van der Waals surface area contributed by atoms with Crippen LogP contribution in [0.3, 0.4) is 0 Å². The molecule has 6 heteroatoms. The number of methoxy groups -OCH3 is 1. The number of fused-ring (bicyclic) bond motifs is 3. The lowest BCUT2D eigenvalue weighted by Crippen LogP contribution is -2.50. The molecule has 0 saturated heterocycles. The van der Waals surface area contributed by atoms with Crippen LogP contribution in [0.2, 0.25) is 0 Å². The van der Waals surface area contributed by atoms with Crippen molar-refractivity contribution in [3.63, 3.8) is 0 Å². The van der Waals surface area contributed by atoms with Gasteiger partial charge in [0, 0.05) is 29.5 Å². The number of aliphatic hydroxyl groups excluding tert-OH is 1. The van der Waals surface area contributed by atoms with Gasteiger partial charge in [-0.25, -0.2) is 5.01 Å². The molecule has 0 aliphatic carbocycles. The van der Waals surface area contributed by atoms with E-state index < -0.39 is 5.72 Å². The Bertz CT molecular complexity index is 935. The topological polar surface area (TPSA) is 54.3 Å². The van der Waals surface area contributed by atoms with Crippen LogP contribution in [-0.4, -0.2) is 28.7 Å². The fourth-order valence-electron chi connectivity index (χ4n) is 3.74. The van der Waals surface area contributed by atoms with Crippen molar-refractivity contribution in [1.29, 1.82) is 0 Å². The molecule has 2 aliphatic heterocycles. The van der Waals surface area contributed by atoms with E-state index in [0.717, 1.165) is 39.2 Å². The summed E-state index contributed by atoms with van der Waals surface area (Å²) in [5.41, 5.74) is 2.25. The van der Waals surface area contributed by atoms with E-state index >= 15 is 0 Å². The molecular weight excluding hydrogens is 408 g/mol.